The highest BCUT2D eigenvalue weighted by molar-refractivity contribution is 5.75. The van der Waals surface area contributed by atoms with Crippen molar-refractivity contribution >= 4 is 6.03 Å². The molecule has 1 aromatic rings. The van der Waals surface area contributed by atoms with Crippen LogP contribution in [0.3, 0.4) is 0 Å². The standard InChI is InChI=1S/C17H23FN2O3/c1-10(11-2-4-14(18)5-3-11)19-17(23)20-8-12-6-15(21)16(22)7-13(12)9-20/h2-5,10,12-13,15-16,21-22H,6-9H2,1H3,(H,19,23)/t10-,12-,13+,15+,16-/m1/s1. The van der Waals surface area contributed by atoms with E-state index in [1.165, 1.54) is 12.1 Å². The molecule has 2 fully saturated rings. The number of carbonyl (C=O) groups is 1. The van der Waals surface area contributed by atoms with Gasteiger partial charge < -0.3 is 20.4 Å². The third-order valence-corrected chi connectivity index (χ3v) is 5.11. The maximum Gasteiger partial charge on any atom is 0.317 e. The number of hydrogen-bond donors (Lipinski definition) is 3. The summed E-state index contributed by atoms with van der Waals surface area (Å²) < 4.78 is 13.0. The minimum atomic E-state index is -0.683. The van der Waals surface area contributed by atoms with E-state index in [-0.39, 0.29) is 29.7 Å². The first kappa shape index (κ1) is 16.2. The molecule has 0 spiro atoms. The fourth-order valence-corrected chi connectivity index (χ4v) is 3.68. The average Bonchev–Trinajstić information content (AvgIpc) is 2.91. The second-order valence-corrected chi connectivity index (χ2v) is 6.75. The van der Waals surface area contributed by atoms with Crippen LogP contribution in [0, 0.1) is 17.7 Å². The van der Waals surface area contributed by atoms with Crippen molar-refractivity contribution < 1.29 is 19.4 Å². The van der Waals surface area contributed by atoms with Crippen LogP contribution in [0.5, 0.6) is 0 Å². The molecule has 6 heteroatoms. The minimum absolute atomic E-state index is 0.153. The number of benzene rings is 1. The van der Waals surface area contributed by atoms with Crippen LogP contribution < -0.4 is 5.32 Å². The monoisotopic (exact) mass is 322 g/mol. The molecule has 23 heavy (non-hydrogen) atoms. The molecule has 0 bridgehead atoms. The first-order valence-electron chi connectivity index (χ1n) is 8.11. The van der Waals surface area contributed by atoms with E-state index in [9.17, 15) is 19.4 Å². The Bertz CT molecular complexity index is 547. The molecule has 1 aliphatic carbocycles. The van der Waals surface area contributed by atoms with Crippen molar-refractivity contribution in [3.05, 3.63) is 35.6 Å². The lowest BCUT2D eigenvalue weighted by Crippen LogP contribution is -2.39. The zero-order chi connectivity index (χ0) is 16.6. The number of rotatable bonds is 2. The van der Waals surface area contributed by atoms with Crippen LogP contribution in [0.15, 0.2) is 24.3 Å². The average molecular weight is 322 g/mol. The molecular formula is C17H23FN2O3. The smallest absolute Gasteiger partial charge is 0.317 e. The lowest BCUT2D eigenvalue weighted by atomic mass is 9.79. The molecule has 1 saturated heterocycles. The van der Waals surface area contributed by atoms with Crippen LogP contribution in [0.2, 0.25) is 0 Å². The Morgan fingerprint density at radius 3 is 2.22 bits per heavy atom. The third-order valence-electron chi connectivity index (χ3n) is 5.11. The van der Waals surface area contributed by atoms with E-state index in [4.69, 9.17) is 0 Å². The Hall–Kier alpha value is -1.66. The van der Waals surface area contributed by atoms with Gasteiger partial charge in [-0.25, -0.2) is 9.18 Å². The molecular weight excluding hydrogens is 299 g/mol. The number of nitrogens with one attached hydrogen (secondary N) is 1. The van der Waals surface area contributed by atoms with Gasteiger partial charge in [-0.2, -0.15) is 0 Å². The molecule has 1 aliphatic heterocycles. The molecule has 0 radical (unpaired) electrons. The molecule has 0 aromatic heterocycles. The highest BCUT2D eigenvalue weighted by Gasteiger charge is 2.42. The van der Waals surface area contributed by atoms with Crippen LogP contribution in [-0.2, 0) is 0 Å². The quantitative estimate of drug-likeness (QED) is 0.775. The van der Waals surface area contributed by atoms with E-state index in [2.05, 4.69) is 5.32 Å². The van der Waals surface area contributed by atoms with Crippen molar-refractivity contribution in [3.8, 4) is 0 Å². The normalized spacial score (nSPS) is 31.6. The van der Waals surface area contributed by atoms with Crippen molar-refractivity contribution in [1.82, 2.24) is 10.2 Å². The number of likely N-dealkylation sites (tertiary alicyclic amines) is 1. The zero-order valence-corrected chi connectivity index (χ0v) is 13.2. The topological polar surface area (TPSA) is 72.8 Å². The van der Waals surface area contributed by atoms with E-state index < -0.39 is 12.2 Å². The fraction of sp³-hybridized carbons (Fsp3) is 0.588. The van der Waals surface area contributed by atoms with Gasteiger partial charge in [0.1, 0.15) is 5.82 Å². The summed E-state index contributed by atoms with van der Waals surface area (Å²) in [7, 11) is 0. The van der Waals surface area contributed by atoms with E-state index >= 15 is 0 Å². The van der Waals surface area contributed by atoms with Gasteiger partial charge in [-0.05, 0) is 49.3 Å². The van der Waals surface area contributed by atoms with Gasteiger partial charge in [-0.1, -0.05) is 12.1 Å². The maximum atomic E-state index is 13.0. The first-order valence-corrected chi connectivity index (χ1v) is 8.11. The predicted octanol–water partition coefficient (Wildman–Crippen LogP) is 1.66. The van der Waals surface area contributed by atoms with Crippen molar-refractivity contribution in [1.29, 1.82) is 0 Å². The Morgan fingerprint density at radius 2 is 1.70 bits per heavy atom. The van der Waals surface area contributed by atoms with Gasteiger partial charge in [0.15, 0.2) is 0 Å². The number of halogens is 1. The van der Waals surface area contributed by atoms with Crippen LogP contribution in [-0.4, -0.2) is 46.4 Å². The number of urea groups is 1. The number of carbonyl (C=O) groups excluding carboxylic acids is 1. The van der Waals surface area contributed by atoms with Crippen molar-refractivity contribution in [3.63, 3.8) is 0 Å². The van der Waals surface area contributed by atoms with Gasteiger partial charge in [0.05, 0.1) is 18.2 Å². The highest BCUT2D eigenvalue weighted by atomic mass is 19.1. The molecule has 0 unspecified atom stereocenters. The van der Waals surface area contributed by atoms with E-state index in [1.807, 2.05) is 6.92 Å². The van der Waals surface area contributed by atoms with Gasteiger partial charge in [-0.3, -0.25) is 0 Å². The van der Waals surface area contributed by atoms with E-state index in [1.54, 1.807) is 17.0 Å². The zero-order valence-electron chi connectivity index (χ0n) is 13.2. The van der Waals surface area contributed by atoms with E-state index in [0.717, 1.165) is 5.56 Å². The van der Waals surface area contributed by atoms with Crippen molar-refractivity contribution in [2.45, 2.75) is 38.0 Å². The predicted molar refractivity (Wildman–Crippen MR) is 83.1 cm³/mol. The van der Waals surface area contributed by atoms with Crippen LogP contribution >= 0.6 is 0 Å². The summed E-state index contributed by atoms with van der Waals surface area (Å²) in [5, 5.41) is 22.5. The number of amides is 2. The Balaban J connectivity index is 1.58. The fourth-order valence-electron chi connectivity index (χ4n) is 3.68. The summed E-state index contributed by atoms with van der Waals surface area (Å²) in [6.45, 7) is 3.08. The summed E-state index contributed by atoms with van der Waals surface area (Å²) in [5.74, 6) is 0.202. The van der Waals surface area contributed by atoms with Crippen molar-refractivity contribution in [2.24, 2.45) is 11.8 Å². The molecule has 2 amide bonds. The number of nitrogens with zero attached hydrogens (tertiary/aromatic N) is 1. The van der Waals surface area contributed by atoms with Crippen molar-refractivity contribution in [2.75, 3.05) is 13.1 Å². The van der Waals surface area contributed by atoms with Gasteiger partial charge >= 0.3 is 6.03 Å². The first-order chi connectivity index (χ1) is 10.9. The maximum absolute atomic E-state index is 13.0. The molecule has 126 valence electrons. The summed E-state index contributed by atoms with van der Waals surface area (Å²) in [4.78, 5) is 14.2. The summed E-state index contributed by atoms with van der Waals surface area (Å²) >= 11 is 0. The van der Waals surface area contributed by atoms with Crippen LogP contribution in [0.1, 0.15) is 31.4 Å². The highest BCUT2D eigenvalue weighted by Crippen LogP contribution is 2.36. The Labute approximate surface area is 135 Å². The summed E-state index contributed by atoms with van der Waals surface area (Å²) in [6, 6.07) is 5.73. The number of hydrogen-bond acceptors (Lipinski definition) is 3. The van der Waals surface area contributed by atoms with Crippen LogP contribution in [0.25, 0.3) is 0 Å². The van der Waals surface area contributed by atoms with Gasteiger partial charge in [-0.15, -0.1) is 0 Å². The van der Waals surface area contributed by atoms with Crippen LogP contribution in [0.4, 0.5) is 9.18 Å². The Kier molecular flexibility index (Phi) is 4.55. The molecule has 3 N–H and O–H groups in total. The Morgan fingerprint density at radius 1 is 1.17 bits per heavy atom. The number of aliphatic hydroxyl groups excluding tert-OH is 2. The second-order valence-electron chi connectivity index (χ2n) is 6.75. The molecule has 3 rings (SSSR count). The summed E-state index contributed by atoms with van der Waals surface area (Å²) in [5.41, 5.74) is 0.849. The van der Waals surface area contributed by atoms with Gasteiger partial charge in [0.25, 0.3) is 0 Å². The molecule has 1 heterocycles. The van der Waals surface area contributed by atoms with Gasteiger partial charge in [0, 0.05) is 13.1 Å². The van der Waals surface area contributed by atoms with E-state index in [0.29, 0.717) is 25.9 Å². The summed E-state index contributed by atoms with van der Waals surface area (Å²) in [6.07, 6.45) is -0.276. The lowest BCUT2D eigenvalue weighted by Gasteiger charge is -2.31. The number of fused-ring (bicyclic) bond motifs is 1. The second kappa shape index (κ2) is 6.45. The minimum Gasteiger partial charge on any atom is -0.390 e. The molecule has 1 saturated carbocycles. The molecule has 5 atom stereocenters. The van der Waals surface area contributed by atoms with Gasteiger partial charge in [0.2, 0.25) is 0 Å². The molecule has 1 aromatic carbocycles. The largest absolute Gasteiger partial charge is 0.390 e. The number of aliphatic hydroxyl groups is 2. The SMILES string of the molecule is C[C@@H](NC(=O)N1C[C@H]2C[C@H](O)[C@H](O)C[C@H]2C1)c1ccc(F)cc1. The lowest BCUT2D eigenvalue weighted by molar-refractivity contribution is -0.0372. The molecule has 5 nitrogen and oxygen atoms in total. The molecule has 2 aliphatic rings. The third kappa shape index (κ3) is 3.48.